The van der Waals surface area contributed by atoms with Crippen LogP contribution < -0.4 is 10.6 Å². The zero-order valence-electron chi connectivity index (χ0n) is 22.0. The Balaban J connectivity index is 1.13. The Hall–Kier alpha value is -3.60. The fraction of sp³-hybridized carbons (Fsp3) is 0.414. The number of amides is 2. The number of fused-ring (bicyclic) bond motifs is 1. The van der Waals surface area contributed by atoms with Gasteiger partial charge < -0.3 is 25.4 Å². The maximum Gasteiger partial charge on any atom is 0.254 e. The van der Waals surface area contributed by atoms with E-state index < -0.39 is 6.04 Å². The van der Waals surface area contributed by atoms with Crippen molar-refractivity contribution in [1.29, 1.82) is 0 Å². The van der Waals surface area contributed by atoms with E-state index in [2.05, 4.69) is 25.6 Å². The lowest BCUT2D eigenvalue weighted by molar-refractivity contribution is -0.122. The van der Waals surface area contributed by atoms with E-state index in [0.717, 1.165) is 36.9 Å². The van der Waals surface area contributed by atoms with Crippen molar-refractivity contribution in [3.8, 4) is 11.3 Å². The largest absolute Gasteiger partial charge is 0.394 e. The molecule has 2 aliphatic heterocycles. The molecule has 2 fully saturated rings. The van der Waals surface area contributed by atoms with Gasteiger partial charge in [0.15, 0.2) is 0 Å². The van der Waals surface area contributed by atoms with E-state index in [1.54, 1.807) is 18.3 Å². The first-order chi connectivity index (χ1) is 19.5. The van der Waals surface area contributed by atoms with E-state index in [9.17, 15) is 14.7 Å². The van der Waals surface area contributed by atoms with E-state index in [-0.39, 0.29) is 31.0 Å². The second kappa shape index (κ2) is 11.5. The number of pyridine rings is 1. The summed E-state index contributed by atoms with van der Waals surface area (Å²) >= 11 is 6.45. The Bertz CT molecular complexity index is 1430. The highest BCUT2D eigenvalue weighted by Gasteiger charge is 2.31. The standard InChI is InChI=1S/C29H31ClN6O4/c30-22-13-31-29(32-20-8-10-40-11-9-20)35-27(22)18-6-7-19-14-36(28(39)21(19)12-18)15-26(38)34-25(16-37)24-3-1-2-23(33-24)17-4-5-17/h1-3,6-7,12-13,17,20,25,37H,4-5,8-11,14-16H2,(H,34,38)(H,31,32,35). The topological polar surface area (TPSA) is 130 Å². The molecule has 0 bridgehead atoms. The monoisotopic (exact) mass is 562 g/mol. The van der Waals surface area contributed by atoms with E-state index >= 15 is 0 Å². The molecule has 4 heterocycles. The van der Waals surface area contributed by atoms with Crippen LogP contribution in [-0.4, -0.2) is 69.2 Å². The number of halogens is 1. The molecule has 1 aromatic carbocycles. The average Bonchev–Trinajstić information content (AvgIpc) is 3.78. The van der Waals surface area contributed by atoms with Gasteiger partial charge in [-0.1, -0.05) is 29.8 Å². The number of nitrogens with zero attached hydrogens (tertiary/aromatic N) is 4. The van der Waals surface area contributed by atoms with Crippen molar-refractivity contribution in [3.05, 3.63) is 70.1 Å². The van der Waals surface area contributed by atoms with Crippen LogP contribution in [0.2, 0.25) is 5.02 Å². The number of rotatable bonds is 9. The van der Waals surface area contributed by atoms with Crippen LogP contribution in [0, 0.1) is 0 Å². The average molecular weight is 563 g/mol. The van der Waals surface area contributed by atoms with Crippen LogP contribution in [0.4, 0.5) is 5.95 Å². The number of carbonyl (C=O) groups excluding carboxylic acids is 2. The van der Waals surface area contributed by atoms with Crippen LogP contribution in [0.3, 0.4) is 0 Å². The molecule has 1 unspecified atom stereocenters. The van der Waals surface area contributed by atoms with Gasteiger partial charge in [0.25, 0.3) is 5.91 Å². The van der Waals surface area contributed by atoms with Crippen LogP contribution >= 0.6 is 11.6 Å². The lowest BCUT2D eigenvalue weighted by atomic mass is 10.0. The van der Waals surface area contributed by atoms with Crippen LogP contribution in [0.1, 0.15) is 65.0 Å². The molecule has 2 aromatic heterocycles. The number of carbonyl (C=O) groups is 2. The zero-order chi connectivity index (χ0) is 27.6. The van der Waals surface area contributed by atoms with E-state index in [0.29, 0.717) is 59.2 Å². The molecule has 1 aliphatic carbocycles. The minimum absolute atomic E-state index is 0.130. The predicted octanol–water partition coefficient (Wildman–Crippen LogP) is 3.47. The molecule has 0 spiro atoms. The third kappa shape index (κ3) is 5.79. The lowest BCUT2D eigenvalue weighted by Gasteiger charge is -2.23. The molecule has 3 aromatic rings. The first kappa shape index (κ1) is 26.6. The van der Waals surface area contributed by atoms with Gasteiger partial charge in [-0.2, -0.15) is 0 Å². The molecule has 2 amide bonds. The van der Waals surface area contributed by atoms with Crippen LogP contribution in [0.5, 0.6) is 0 Å². The van der Waals surface area contributed by atoms with Crippen molar-refractivity contribution in [2.75, 3.05) is 31.7 Å². The van der Waals surface area contributed by atoms with E-state index in [1.165, 1.54) is 4.90 Å². The van der Waals surface area contributed by atoms with Crippen molar-refractivity contribution >= 4 is 29.4 Å². The number of aliphatic hydroxyl groups excluding tert-OH is 1. The number of hydrogen-bond donors (Lipinski definition) is 3. The third-order valence-corrected chi connectivity index (χ3v) is 7.83. The Kier molecular flexibility index (Phi) is 7.64. The summed E-state index contributed by atoms with van der Waals surface area (Å²) in [6.07, 6.45) is 5.54. The highest BCUT2D eigenvalue weighted by atomic mass is 35.5. The summed E-state index contributed by atoms with van der Waals surface area (Å²) in [5.74, 6) is 0.341. The molecule has 6 rings (SSSR count). The summed E-state index contributed by atoms with van der Waals surface area (Å²) in [4.78, 5) is 41.3. The number of nitrogens with one attached hydrogen (secondary N) is 2. The smallest absolute Gasteiger partial charge is 0.254 e. The fourth-order valence-corrected chi connectivity index (χ4v) is 5.40. The molecular formula is C29H31ClN6O4. The molecule has 0 radical (unpaired) electrons. The highest BCUT2D eigenvalue weighted by Crippen LogP contribution is 2.39. The molecule has 40 heavy (non-hydrogen) atoms. The number of anilines is 1. The number of aliphatic hydroxyl groups is 1. The van der Waals surface area contributed by atoms with Crippen molar-refractivity contribution in [1.82, 2.24) is 25.2 Å². The SMILES string of the molecule is O=C(CN1Cc2ccc(-c3nc(NC4CCOCC4)ncc3Cl)cc2C1=O)NC(CO)c1cccc(C2CC2)n1. The zero-order valence-corrected chi connectivity index (χ0v) is 22.7. The number of aromatic nitrogens is 3. The summed E-state index contributed by atoms with van der Waals surface area (Å²) in [5.41, 5.74) is 4.17. The maximum atomic E-state index is 13.3. The quantitative estimate of drug-likeness (QED) is 0.361. The van der Waals surface area contributed by atoms with Gasteiger partial charge >= 0.3 is 0 Å². The molecule has 1 saturated heterocycles. The van der Waals surface area contributed by atoms with Gasteiger partial charge in [-0.3, -0.25) is 14.6 Å². The van der Waals surface area contributed by atoms with Crippen molar-refractivity contribution < 1.29 is 19.4 Å². The predicted molar refractivity (Wildman–Crippen MR) is 149 cm³/mol. The first-order valence-corrected chi connectivity index (χ1v) is 14.0. The summed E-state index contributed by atoms with van der Waals surface area (Å²) < 4.78 is 5.42. The summed E-state index contributed by atoms with van der Waals surface area (Å²) in [5, 5.41) is 16.5. The van der Waals surface area contributed by atoms with E-state index in [1.807, 2.05) is 24.3 Å². The summed E-state index contributed by atoms with van der Waals surface area (Å²) in [6, 6.07) is 10.8. The molecule has 3 N–H and O–H groups in total. The molecular weight excluding hydrogens is 532 g/mol. The molecule has 11 heteroatoms. The highest BCUT2D eigenvalue weighted by molar-refractivity contribution is 6.33. The van der Waals surface area contributed by atoms with Crippen LogP contribution in [0.15, 0.2) is 42.6 Å². The van der Waals surface area contributed by atoms with Gasteiger partial charge in [0, 0.05) is 48.5 Å². The minimum atomic E-state index is -0.637. The van der Waals surface area contributed by atoms with Gasteiger partial charge in [0.05, 0.1) is 35.3 Å². The number of hydrogen-bond acceptors (Lipinski definition) is 8. The first-order valence-electron chi connectivity index (χ1n) is 13.6. The Labute approximate surface area is 237 Å². The van der Waals surface area contributed by atoms with E-state index in [4.69, 9.17) is 16.3 Å². The maximum absolute atomic E-state index is 13.3. The van der Waals surface area contributed by atoms with Crippen molar-refractivity contribution in [2.45, 2.75) is 50.2 Å². The third-order valence-electron chi connectivity index (χ3n) is 7.56. The molecule has 1 atom stereocenters. The number of ether oxygens (including phenoxy) is 1. The van der Waals surface area contributed by atoms with Gasteiger partial charge in [-0.05, 0) is 49.4 Å². The lowest BCUT2D eigenvalue weighted by Crippen LogP contribution is -2.40. The summed E-state index contributed by atoms with van der Waals surface area (Å²) in [7, 11) is 0. The van der Waals surface area contributed by atoms with Gasteiger partial charge in [-0.15, -0.1) is 0 Å². The van der Waals surface area contributed by atoms with Crippen LogP contribution in [-0.2, 0) is 16.1 Å². The Morgan fingerprint density at radius 1 is 1.15 bits per heavy atom. The van der Waals surface area contributed by atoms with Crippen molar-refractivity contribution in [2.24, 2.45) is 0 Å². The van der Waals surface area contributed by atoms with Crippen LogP contribution in [0.25, 0.3) is 11.3 Å². The number of benzene rings is 1. The summed E-state index contributed by atoms with van der Waals surface area (Å²) in [6.45, 7) is 1.30. The molecule has 208 valence electrons. The van der Waals surface area contributed by atoms with Gasteiger partial charge in [0.1, 0.15) is 6.54 Å². The fourth-order valence-electron chi connectivity index (χ4n) is 5.20. The molecule has 3 aliphatic rings. The minimum Gasteiger partial charge on any atom is -0.394 e. The van der Waals surface area contributed by atoms with Gasteiger partial charge in [0.2, 0.25) is 11.9 Å². The second-order valence-electron chi connectivity index (χ2n) is 10.5. The second-order valence-corrected chi connectivity index (χ2v) is 10.9. The molecule has 10 nitrogen and oxygen atoms in total. The Morgan fingerprint density at radius 3 is 2.75 bits per heavy atom. The van der Waals surface area contributed by atoms with Gasteiger partial charge in [-0.25, -0.2) is 9.97 Å². The Morgan fingerprint density at radius 2 is 1.98 bits per heavy atom. The normalized spacial score (nSPS) is 17.9. The molecule has 1 saturated carbocycles. The van der Waals surface area contributed by atoms with Crippen molar-refractivity contribution in [3.63, 3.8) is 0 Å².